The molecule has 0 heterocycles. The molecule has 140 valence electrons. The van der Waals surface area contributed by atoms with Crippen LogP contribution in [0.4, 0.5) is 0 Å². The van der Waals surface area contributed by atoms with E-state index in [2.05, 4.69) is 0 Å². The first-order chi connectivity index (χ1) is 7.93. The van der Waals surface area contributed by atoms with Crippen LogP contribution >= 0.6 is 0 Å². The van der Waals surface area contributed by atoms with E-state index in [1.54, 1.807) is 0 Å². The van der Waals surface area contributed by atoms with E-state index in [1.165, 1.54) is 0 Å². The summed E-state index contributed by atoms with van der Waals surface area (Å²) >= 11 is 0. The van der Waals surface area contributed by atoms with Gasteiger partial charge in [-0.3, -0.25) is 0 Å². The van der Waals surface area contributed by atoms with Gasteiger partial charge in [-0.25, -0.2) is 28.8 Å². The van der Waals surface area contributed by atoms with Crippen molar-refractivity contribution in [1.29, 1.82) is 0 Å². The van der Waals surface area contributed by atoms with Gasteiger partial charge < -0.3 is 52.5 Å². The average molecular weight is 520 g/mol. The van der Waals surface area contributed by atoms with Gasteiger partial charge in [0.05, 0.1) is 0 Å². The van der Waals surface area contributed by atoms with Gasteiger partial charge >= 0.3 is 35.8 Å². The number of hydrogen-bond donors (Lipinski definition) is 6. The van der Waals surface area contributed by atoms with E-state index in [9.17, 15) is 0 Å². The van der Waals surface area contributed by atoms with Gasteiger partial charge in [0.1, 0.15) is 0 Å². The fraction of sp³-hybridized carbons (Fsp3) is 0. The van der Waals surface area contributed by atoms with Gasteiger partial charge in [0.2, 0.25) is 0 Å². The molecule has 0 atom stereocenters. The summed E-state index contributed by atoms with van der Waals surface area (Å²) in [6, 6.07) is 0. The van der Waals surface area contributed by atoms with Gasteiger partial charge in [-0.15, -0.1) is 0 Å². The summed E-state index contributed by atoms with van der Waals surface area (Å²) in [5, 5.41) is 44.3. The topological polar surface area (TPSA) is 350 Å². The van der Waals surface area contributed by atoms with Crippen LogP contribution in [0.25, 0.3) is 0 Å². The van der Waals surface area contributed by atoms with Gasteiger partial charge in [0.25, 0.3) is 0 Å². The third-order valence-electron chi connectivity index (χ3n) is 0.549. The molecule has 0 spiro atoms. The molecule has 14 N–H and O–H groups in total. The molecule has 0 saturated heterocycles. The minimum absolute atomic E-state index is 0. The van der Waals surface area contributed by atoms with Crippen molar-refractivity contribution in [3.8, 4) is 0 Å². The van der Waals surface area contributed by atoms with Crippen molar-refractivity contribution < 1.29 is 147 Å². The summed E-state index contributed by atoms with van der Waals surface area (Å²) in [6.45, 7) is 0. The standard InChI is InChI=1S/3C2H2O4.4H2O.2Y/c3*3-1(4)2(5)6;;;;;;/h3*(H,3,4)(H,5,6);4*1H2;;. The largest absolute Gasteiger partial charge is 0.473 e. The van der Waals surface area contributed by atoms with Crippen LogP contribution in [0, 0.1) is 0 Å². The zero-order valence-electron chi connectivity index (χ0n) is 11.3. The second-order valence-electron chi connectivity index (χ2n) is 1.83. The average Bonchev–Trinajstić information content (AvgIpc) is 2.18. The Morgan fingerprint density at radius 1 is 0.333 bits per heavy atom. The maximum Gasteiger partial charge on any atom is 0.414 e. The Kier molecular flexibility index (Phi) is 79.3. The molecule has 0 saturated carbocycles. The Morgan fingerprint density at radius 2 is 0.375 bits per heavy atom. The molecular formula is C6H14O16Y2. The van der Waals surface area contributed by atoms with Gasteiger partial charge in [0, 0.05) is 65.4 Å². The molecular weight excluding hydrogens is 506 g/mol. The summed E-state index contributed by atoms with van der Waals surface area (Å²) in [5.41, 5.74) is 0. The van der Waals surface area contributed by atoms with Crippen molar-refractivity contribution in [3.63, 3.8) is 0 Å². The minimum Gasteiger partial charge on any atom is -0.473 e. The monoisotopic (exact) mass is 520 g/mol. The van der Waals surface area contributed by atoms with Crippen molar-refractivity contribution in [2.45, 2.75) is 0 Å². The van der Waals surface area contributed by atoms with Crippen LogP contribution in [0.1, 0.15) is 0 Å². The van der Waals surface area contributed by atoms with E-state index >= 15 is 0 Å². The fourth-order valence-corrected chi connectivity index (χ4v) is 0. The number of carboxylic acid groups (broad SMARTS) is 6. The predicted octanol–water partition coefficient (Wildman–Crippen LogP) is -5.84. The fourth-order valence-electron chi connectivity index (χ4n) is 0. The number of rotatable bonds is 0. The van der Waals surface area contributed by atoms with Crippen LogP contribution in [0.3, 0.4) is 0 Å². The summed E-state index contributed by atoms with van der Waals surface area (Å²) < 4.78 is 0. The summed E-state index contributed by atoms with van der Waals surface area (Å²) in [4.78, 5) is 54.6. The van der Waals surface area contributed by atoms with Crippen LogP contribution in [-0.4, -0.2) is 88.4 Å². The maximum absolute atomic E-state index is 9.10. The second-order valence-corrected chi connectivity index (χ2v) is 1.83. The molecule has 0 aromatic rings. The Bertz CT molecular complexity index is 284. The van der Waals surface area contributed by atoms with Gasteiger partial charge in [-0.2, -0.15) is 0 Å². The van der Waals surface area contributed by atoms with Crippen molar-refractivity contribution in [2.75, 3.05) is 0 Å². The van der Waals surface area contributed by atoms with Gasteiger partial charge in [-0.1, -0.05) is 0 Å². The molecule has 0 amide bonds. The molecule has 0 aliphatic rings. The van der Waals surface area contributed by atoms with Crippen LogP contribution in [0.2, 0.25) is 0 Å². The quantitative estimate of drug-likeness (QED) is 0.163. The van der Waals surface area contributed by atoms with E-state index in [1.807, 2.05) is 0 Å². The zero-order valence-corrected chi connectivity index (χ0v) is 17.0. The third kappa shape index (κ3) is 69.7. The Morgan fingerprint density at radius 3 is 0.375 bits per heavy atom. The predicted molar refractivity (Wildman–Crippen MR) is 60.3 cm³/mol. The van der Waals surface area contributed by atoms with Gasteiger partial charge in [0.15, 0.2) is 0 Å². The van der Waals surface area contributed by atoms with Gasteiger partial charge in [-0.05, 0) is 0 Å². The molecule has 0 aliphatic heterocycles. The molecule has 0 aromatic carbocycles. The Balaban J connectivity index is -0.0000000179. The molecule has 2 radical (unpaired) electrons. The van der Waals surface area contributed by atoms with E-state index in [0.29, 0.717) is 0 Å². The number of aliphatic carboxylic acids is 6. The first-order valence-electron chi connectivity index (χ1n) is 3.32. The SMILES string of the molecule is O.O.O.O.O=C(O)C(=O)O.O=C(O)C(=O)O.O=C(O)C(=O)O.[Y].[Y]. The Hall–Kier alpha value is -1.13. The molecule has 24 heavy (non-hydrogen) atoms. The maximum atomic E-state index is 9.10. The van der Waals surface area contributed by atoms with Crippen molar-refractivity contribution in [2.24, 2.45) is 0 Å². The van der Waals surface area contributed by atoms with E-state index < -0.39 is 35.8 Å². The first-order valence-corrected chi connectivity index (χ1v) is 3.32. The van der Waals surface area contributed by atoms with E-state index in [0.717, 1.165) is 0 Å². The van der Waals surface area contributed by atoms with Crippen LogP contribution in [0.5, 0.6) is 0 Å². The first kappa shape index (κ1) is 56.9. The van der Waals surface area contributed by atoms with Crippen LogP contribution in [0.15, 0.2) is 0 Å². The molecule has 0 bridgehead atoms. The van der Waals surface area contributed by atoms with E-state index in [-0.39, 0.29) is 87.3 Å². The number of carboxylic acids is 6. The van der Waals surface area contributed by atoms with Crippen molar-refractivity contribution in [1.82, 2.24) is 0 Å². The smallest absolute Gasteiger partial charge is 0.414 e. The molecule has 0 aliphatic carbocycles. The summed E-state index contributed by atoms with van der Waals surface area (Å²) in [6.07, 6.45) is 0. The zero-order chi connectivity index (χ0) is 15.5. The molecule has 0 aromatic heterocycles. The van der Waals surface area contributed by atoms with Crippen molar-refractivity contribution in [3.05, 3.63) is 0 Å². The number of carbonyl (C=O) groups is 6. The normalized spacial score (nSPS) is 5.50. The molecule has 0 fully saturated rings. The third-order valence-corrected chi connectivity index (χ3v) is 0.549. The summed E-state index contributed by atoms with van der Waals surface area (Å²) in [7, 11) is 0. The second kappa shape index (κ2) is 33.5. The van der Waals surface area contributed by atoms with Crippen LogP contribution in [-0.2, 0) is 94.2 Å². The van der Waals surface area contributed by atoms with Crippen molar-refractivity contribution >= 4 is 35.8 Å². The molecule has 0 rings (SSSR count). The van der Waals surface area contributed by atoms with E-state index in [4.69, 9.17) is 59.4 Å². The molecule has 16 nitrogen and oxygen atoms in total. The molecule has 0 unspecified atom stereocenters. The Labute approximate surface area is 181 Å². The molecule has 18 heteroatoms. The summed E-state index contributed by atoms with van der Waals surface area (Å²) in [5.74, 6) is -10.9. The number of hydrogen-bond acceptors (Lipinski definition) is 6. The van der Waals surface area contributed by atoms with Crippen LogP contribution < -0.4 is 0 Å². The minimum atomic E-state index is -1.82.